The summed E-state index contributed by atoms with van der Waals surface area (Å²) in [6.45, 7) is 2.97. The van der Waals surface area contributed by atoms with Gasteiger partial charge in [0.15, 0.2) is 0 Å². The summed E-state index contributed by atoms with van der Waals surface area (Å²) in [7, 11) is -1.20. The van der Waals surface area contributed by atoms with Gasteiger partial charge in [0.05, 0.1) is 23.0 Å². The third-order valence-electron chi connectivity index (χ3n) is 6.01. The lowest BCUT2D eigenvalue weighted by molar-refractivity contribution is 0.381. The Kier molecular flexibility index (Phi) is 5.31. The van der Waals surface area contributed by atoms with E-state index in [1.54, 1.807) is 6.20 Å². The fraction of sp³-hybridized carbons (Fsp3) is 0.381. The standard InChI is InChI=1S/C21H24ClN7O2S/c1-26-13-17(11-24-26)16-9-18(21-19(22)12-25-29(21)14-16)15-3-4-20(23-10-15)27-5-7-28(8-6-27)32(2,30)31/h3-4,9-12,14,17H,5-8,13H2,1-2H3. The second-order valence-corrected chi connectivity index (χ2v) is 10.6. The quantitative estimate of drug-likeness (QED) is 0.577. The fourth-order valence-electron chi connectivity index (χ4n) is 4.27. The van der Waals surface area contributed by atoms with E-state index in [4.69, 9.17) is 11.6 Å². The van der Waals surface area contributed by atoms with Crippen molar-refractivity contribution in [1.29, 1.82) is 0 Å². The zero-order chi connectivity index (χ0) is 22.5. The maximum atomic E-state index is 11.7. The first-order valence-electron chi connectivity index (χ1n) is 10.4. The zero-order valence-electron chi connectivity index (χ0n) is 17.9. The summed E-state index contributed by atoms with van der Waals surface area (Å²) in [5.74, 6) is 1.02. The molecule has 0 saturated carbocycles. The summed E-state index contributed by atoms with van der Waals surface area (Å²) in [5, 5.41) is 11.3. The van der Waals surface area contributed by atoms with Gasteiger partial charge in [-0.25, -0.2) is 17.9 Å². The van der Waals surface area contributed by atoms with E-state index in [0.29, 0.717) is 31.2 Å². The Hall–Kier alpha value is -2.69. The second kappa shape index (κ2) is 8.02. The van der Waals surface area contributed by atoms with E-state index in [2.05, 4.69) is 26.2 Å². The van der Waals surface area contributed by atoms with E-state index in [-0.39, 0.29) is 5.92 Å². The van der Waals surface area contributed by atoms with Gasteiger partial charge in [-0.2, -0.15) is 14.5 Å². The number of hydrogen-bond acceptors (Lipinski definition) is 7. The van der Waals surface area contributed by atoms with Gasteiger partial charge in [-0.1, -0.05) is 11.6 Å². The van der Waals surface area contributed by atoms with Gasteiger partial charge in [0.2, 0.25) is 10.0 Å². The minimum atomic E-state index is -3.16. The van der Waals surface area contributed by atoms with E-state index >= 15 is 0 Å². The summed E-state index contributed by atoms with van der Waals surface area (Å²) in [6, 6.07) is 6.15. The van der Waals surface area contributed by atoms with Crippen molar-refractivity contribution in [1.82, 2.24) is 23.9 Å². The fourth-order valence-corrected chi connectivity index (χ4v) is 5.33. The van der Waals surface area contributed by atoms with Crippen molar-refractivity contribution < 1.29 is 8.42 Å². The highest BCUT2D eigenvalue weighted by atomic mass is 35.5. The lowest BCUT2D eigenvalue weighted by Crippen LogP contribution is -2.48. The molecular weight excluding hydrogens is 450 g/mol. The topological polar surface area (TPSA) is 86.4 Å². The molecule has 168 valence electrons. The number of rotatable bonds is 4. The molecule has 1 saturated heterocycles. The molecule has 0 bridgehead atoms. The number of anilines is 1. The summed E-state index contributed by atoms with van der Waals surface area (Å²) < 4.78 is 26.8. The van der Waals surface area contributed by atoms with Gasteiger partial charge in [0, 0.05) is 75.4 Å². The molecule has 32 heavy (non-hydrogen) atoms. The Morgan fingerprint density at radius 2 is 1.91 bits per heavy atom. The van der Waals surface area contributed by atoms with Crippen LogP contribution in [-0.4, -0.2) is 84.6 Å². The lowest BCUT2D eigenvalue weighted by atomic mass is 9.98. The van der Waals surface area contributed by atoms with Crippen LogP contribution >= 0.6 is 11.6 Å². The number of hydrogen-bond donors (Lipinski definition) is 0. The van der Waals surface area contributed by atoms with Crippen LogP contribution < -0.4 is 4.90 Å². The highest BCUT2D eigenvalue weighted by Crippen LogP contribution is 2.33. The van der Waals surface area contributed by atoms with Crippen LogP contribution in [0.2, 0.25) is 5.02 Å². The predicted octanol–water partition coefficient (Wildman–Crippen LogP) is 2.15. The predicted molar refractivity (Wildman–Crippen MR) is 126 cm³/mol. The minimum absolute atomic E-state index is 0.185. The van der Waals surface area contributed by atoms with Crippen LogP contribution in [0.25, 0.3) is 16.6 Å². The van der Waals surface area contributed by atoms with Crippen molar-refractivity contribution in [2.75, 3.05) is 50.9 Å². The Labute approximate surface area is 191 Å². The molecule has 1 atom stereocenters. The maximum absolute atomic E-state index is 11.7. The number of hydrazone groups is 1. The average molecular weight is 474 g/mol. The minimum Gasteiger partial charge on any atom is -0.354 e. The number of halogens is 1. The van der Waals surface area contributed by atoms with Crippen LogP contribution in [0.5, 0.6) is 0 Å². The van der Waals surface area contributed by atoms with Crippen molar-refractivity contribution in [2.24, 2.45) is 5.10 Å². The highest BCUT2D eigenvalue weighted by Gasteiger charge is 2.24. The van der Waals surface area contributed by atoms with Gasteiger partial charge < -0.3 is 4.90 Å². The smallest absolute Gasteiger partial charge is 0.211 e. The van der Waals surface area contributed by atoms with Crippen LogP contribution in [0.4, 0.5) is 5.82 Å². The molecule has 0 N–H and O–H groups in total. The van der Waals surface area contributed by atoms with Crippen molar-refractivity contribution >= 4 is 39.2 Å². The molecule has 0 spiro atoms. The molecule has 5 heterocycles. The number of likely N-dealkylation sites (N-methyl/N-ethyl adjacent to an activating group) is 1. The van der Waals surface area contributed by atoms with Gasteiger partial charge in [0.25, 0.3) is 0 Å². The molecule has 2 aliphatic heterocycles. The van der Waals surface area contributed by atoms with Crippen LogP contribution in [0, 0.1) is 0 Å². The summed E-state index contributed by atoms with van der Waals surface area (Å²) in [4.78, 5) is 6.78. The van der Waals surface area contributed by atoms with Gasteiger partial charge >= 0.3 is 0 Å². The summed E-state index contributed by atoms with van der Waals surface area (Å²) >= 11 is 6.47. The Morgan fingerprint density at radius 1 is 1.12 bits per heavy atom. The number of fused-ring (bicyclic) bond motifs is 1. The number of piperazine rings is 1. The molecule has 3 aromatic heterocycles. The number of sulfonamides is 1. The second-order valence-electron chi connectivity index (χ2n) is 8.24. The van der Waals surface area contributed by atoms with Crippen molar-refractivity contribution in [3.05, 3.63) is 47.4 Å². The number of pyridine rings is 2. The van der Waals surface area contributed by atoms with Crippen LogP contribution in [0.15, 0.2) is 41.9 Å². The first-order chi connectivity index (χ1) is 15.3. The highest BCUT2D eigenvalue weighted by molar-refractivity contribution is 7.88. The Balaban J connectivity index is 1.44. The number of nitrogens with zero attached hydrogens (tertiary/aromatic N) is 7. The normalized spacial score (nSPS) is 19.9. The number of aromatic nitrogens is 3. The molecule has 9 nitrogen and oxygen atoms in total. The molecule has 0 aromatic carbocycles. The van der Waals surface area contributed by atoms with Crippen LogP contribution in [-0.2, 0) is 10.0 Å². The molecule has 1 fully saturated rings. The average Bonchev–Trinajstić information content (AvgIpc) is 3.38. The van der Waals surface area contributed by atoms with E-state index in [0.717, 1.165) is 34.6 Å². The first-order valence-corrected chi connectivity index (χ1v) is 12.6. The van der Waals surface area contributed by atoms with Gasteiger partial charge in [-0.05, 0) is 23.8 Å². The Morgan fingerprint density at radius 3 is 2.53 bits per heavy atom. The van der Waals surface area contributed by atoms with Crippen LogP contribution in [0.1, 0.15) is 11.5 Å². The molecule has 0 aliphatic carbocycles. The van der Waals surface area contributed by atoms with Gasteiger partial charge in [-0.3, -0.25) is 5.01 Å². The van der Waals surface area contributed by atoms with Gasteiger partial charge in [-0.15, -0.1) is 0 Å². The molecule has 2 aliphatic rings. The molecular formula is C21H24ClN7O2S. The molecule has 3 aromatic rings. The van der Waals surface area contributed by atoms with E-state index < -0.39 is 10.0 Å². The summed E-state index contributed by atoms with van der Waals surface area (Å²) in [5.41, 5.74) is 3.87. The van der Waals surface area contributed by atoms with Gasteiger partial charge in [0.1, 0.15) is 5.82 Å². The molecule has 1 unspecified atom stereocenters. The lowest BCUT2D eigenvalue weighted by Gasteiger charge is -2.34. The zero-order valence-corrected chi connectivity index (χ0v) is 19.5. The Bertz CT molecular complexity index is 1280. The molecule has 0 radical (unpaired) electrons. The molecule has 11 heteroatoms. The first kappa shape index (κ1) is 21.2. The van der Waals surface area contributed by atoms with Crippen molar-refractivity contribution in [3.8, 4) is 11.1 Å². The van der Waals surface area contributed by atoms with Crippen LogP contribution in [0.3, 0.4) is 0 Å². The monoisotopic (exact) mass is 473 g/mol. The third-order valence-corrected chi connectivity index (χ3v) is 7.59. The van der Waals surface area contributed by atoms with Crippen molar-refractivity contribution in [3.63, 3.8) is 0 Å². The van der Waals surface area contributed by atoms with E-state index in [1.165, 1.54) is 10.6 Å². The van der Waals surface area contributed by atoms with E-state index in [1.807, 2.05) is 47.3 Å². The van der Waals surface area contributed by atoms with E-state index in [9.17, 15) is 8.42 Å². The maximum Gasteiger partial charge on any atom is 0.211 e. The SMILES string of the molecule is CN1CC(c2cc(-c3ccc(N4CCN(S(C)(=O)=O)CC4)nc3)c3c(Cl)cnn3c2)C=N1. The third kappa shape index (κ3) is 3.94. The summed E-state index contributed by atoms with van der Waals surface area (Å²) in [6.07, 6.45) is 8.70. The largest absolute Gasteiger partial charge is 0.354 e. The molecule has 5 rings (SSSR count). The molecule has 0 amide bonds. The van der Waals surface area contributed by atoms with Crippen molar-refractivity contribution in [2.45, 2.75) is 5.92 Å².